The van der Waals surface area contributed by atoms with Crippen LogP contribution < -0.4 is 10.6 Å². The minimum absolute atomic E-state index is 0. The Hall–Kier alpha value is -1.29. The van der Waals surface area contributed by atoms with E-state index in [-0.39, 0.29) is 23.7 Å². The smallest absolute Gasteiger partial charge is 0.224 e. The molecule has 0 aliphatic carbocycles. The Kier molecular flexibility index (Phi) is 6.70. The van der Waals surface area contributed by atoms with Gasteiger partial charge in [-0.2, -0.15) is 0 Å². The number of pyridine rings is 1. The lowest BCUT2D eigenvalue weighted by molar-refractivity contribution is -0.116. The van der Waals surface area contributed by atoms with Crippen LogP contribution in [-0.2, 0) is 4.79 Å². The van der Waals surface area contributed by atoms with Crippen molar-refractivity contribution in [2.24, 2.45) is 5.41 Å². The van der Waals surface area contributed by atoms with Gasteiger partial charge in [-0.3, -0.25) is 4.79 Å². The minimum atomic E-state index is 0. The molecule has 0 saturated carbocycles. The normalized spacial score (nSPS) is 10.4. The molecule has 0 atom stereocenters. The van der Waals surface area contributed by atoms with E-state index in [1.54, 1.807) is 6.20 Å². The molecule has 0 aliphatic heterocycles. The van der Waals surface area contributed by atoms with E-state index < -0.39 is 0 Å². The lowest BCUT2D eigenvalue weighted by atomic mass is 9.90. The third-order valence-corrected chi connectivity index (χ3v) is 2.41. The molecule has 0 aromatic carbocycles. The van der Waals surface area contributed by atoms with Crippen LogP contribution in [0.5, 0.6) is 0 Å². The summed E-state index contributed by atoms with van der Waals surface area (Å²) < 4.78 is 0. The summed E-state index contributed by atoms with van der Waals surface area (Å²) in [4.78, 5) is 15.8. The van der Waals surface area contributed by atoms with Crippen molar-refractivity contribution >= 4 is 29.8 Å². The molecule has 1 aromatic rings. The summed E-state index contributed by atoms with van der Waals surface area (Å²) in [5.41, 5.74) is 0.925. The van der Waals surface area contributed by atoms with E-state index in [0.717, 1.165) is 17.9 Å². The summed E-state index contributed by atoms with van der Waals surface area (Å²) in [5, 5.41) is 5.77. The second kappa shape index (κ2) is 7.21. The first kappa shape index (κ1) is 16.7. The zero-order valence-corrected chi connectivity index (χ0v) is 12.2. The van der Waals surface area contributed by atoms with E-state index in [4.69, 9.17) is 0 Å². The molecule has 0 radical (unpaired) electrons. The average molecular weight is 272 g/mol. The summed E-state index contributed by atoms with van der Waals surface area (Å²) in [6, 6.07) is 3.67. The largest absolute Gasteiger partial charge is 0.373 e. The Balaban J connectivity index is 0.00000289. The number of nitrogens with zero attached hydrogens (tertiary/aromatic N) is 1. The van der Waals surface area contributed by atoms with Gasteiger partial charge in [-0.1, -0.05) is 20.8 Å². The summed E-state index contributed by atoms with van der Waals surface area (Å²) in [6.45, 7) is 6.39. The second-order valence-corrected chi connectivity index (χ2v) is 5.29. The van der Waals surface area contributed by atoms with Gasteiger partial charge >= 0.3 is 0 Å². The fourth-order valence-corrected chi connectivity index (χ4v) is 1.33. The lowest BCUT2D eigenvalue weighted by Crippen LogP contribution is -2.15. The fourth-order valence-electron chi connectivity index (χ4n) is 1.33. The summed E-state index contributed by atoms with van der Waals surface area (Å²) in [7, 11) is 1.81. The van der Waals surface area contributed by atoms with Crippen molar-refractivity contribution in [2.45, 2.75) is 33.6 Å². The first-order valence-electron chi connectivity index (χ1n) is 5.84. The highest BCUT2D eigenvalue weighted by Crippen LogP contribution is 2.20. The molecule has 1 aromatic heterocycles. The van der Waals surface area contributed by atoms with Crippen molar-refractivity contribution in [3.05, 3.63) is 18.3 Å². The fraction of sp³-hybridized carbons (Fsp3) is 0.538. The van der Waals surface area contributed by atoms with Gasteiger partial charge in [0.2, 0.25) is 5.91 Å². The monoisotopic (exact) mass is 271 g/mol. The molecular weight excluding hydrogens is 250 g/mol. The van der Waals surface area contributed by atoms with Gasteiger partial charge in [-0.15, -0.1) is 12.4 Å². The molecule has 0 fully saturated rings. The van der Waals surface area contributed by atoms with Crippen molar-refractivity contribution in [1.29, 1.82) is 0 Å². The van der Waals surface area contributed by atoms with E-state index in [1.807, 2.05) is 19.2 Å². The van der Waals surface area contributed by atoms with Gasteiger partial charge in [-0.05, 0) is 24.0 Å². The number of hydrogen-bond donors (Lipinski definition) is 2. The van der Waals surface area contributed by atoms with Crippen LogP contribution in [0.15, 0.2) is 18.3 Å². The molecule has 0 bridgehead atoms. The van der Waals surface area contributed by atoms with Gasteiger partial charge < -0.3 is 10.6 Å². The molecule has 0 aliphatic rings. The molecule has 2 N–H and O–H groups in total. The Morgan fingerprint density at radius 3 is 2.44 bits per heavy atom. The van der Waals surface area contributed by atoms with Gasteiger partial charge in [0.25, 0.3) is 0 Å². The van der Waals surface area contributed by atoms with E-state index >= 15 is 0 Å². The van der Waals surface area contributed by atoms with Crippen LogP contribution in [0.4, 0.5) is 11.5 Å². The van der Waals surface area contributed by atoms with Crippen LogP contribution in [0, 0.1) is 5.41 Å². The summed E-state index contributed by atoms with van der Waals surface area (Å²) >= 11 is 0. The van der Waals surface area contributed by atoms with Crippen molar-refractivity contribution in [1.82, 2.24) is 4.98 Å². The molecule has 102 valence electrons. The highest BCUT2D eigenvalue weighted by atomic mass is 35.5. The molecule has 0 unspecified atom stereocenters. The SMILES string of the molecule is CNc1ccc(NC(=O)CCC(C)(C)C)cn1.Cl. The third-order valence-electron chi connectivity index (χ3n) is 2.41. The Morgan fingerprint density at radius 2 is 2.00 bits per heavy atom. The minimum Gasteiger partial charge on any atom is -0.373 e. The van der Waals surface area contributed by atoms with Crippen LogP contribution in [0.2, 0.25) is 0 Å². The van der Waals surface area contributed by atoms with E-state index in [2.05, 4.69) is 36.4 Å². The van der Waals surface area contributed by atoms with Crippen LogP contribution in [0.25, 0.3) is 0 Å². The molecule has 0 saturated heterocycles. The van der Waals surface area contributed by atoms with E-state index in [0.29, 0.717) is 6.42 Å². The second-order valence-electron chi connectivity index (χ2n) is 5.29. The van der Waals surface area contributed by atoms with Gasteiger partial charge in [-0.25, -0.2) is 4.98 Å². The zero-order valence-electron chi connectivity index (χ0n) is 11.4. The number of carbonyl (C=O) groups is 1. The summed E-state index contributed by atoms with van der Waals surface area (Å²) in [6.07, 6.45) is 3.07. The highest BCUT2D eigenvalue weighted by molar-refractivity contribution is 5.90. The number of nitrogens with one attached hydrogen (secondary N) is 2. The average Bonchev–Trinajstić information content (AvgIpc) is 2.27. The van der Waals surface area contributed by atoms with Gasteiger partial charge in [0.15, 0.2) is 0 Å². The predicted molar refractivity (Wildman–Crippen MR) is 78.4 cm³/mol. The number of carbonyl (C=O) groups excluding carboxylic acids is 1. The molecule has 0 spiro atoms. The number of anilines is 2. The van der Waals surface area contributed by atoms with Gasteiger partial charge in [0.1, 0.15) is 5.82 Å². The number of amides is 1. The lowest BCUT2D eigenvalue weighted by Gasteiger charge is -2.17. The molecule has 18 heavy (non-hydrogen) atoms. The Labute approximate surface area is 115 Å². The number of aromatic nitrogens is 1. The summed E-state index contributed by atoms with van der Waals surface area (Å²) in [5.74, 6) is 0.830. The van der Waals surface area contributed by atoms with Crippen molar-refractivity contribution in [3.63, 3.8) is 0 Å². The number of rotatable bonds is 4. The zero-order chi connectivity index (χ0) is 12.9. The molecule has 4 nitrogen and oxygen atoms in total. The molecule has 1 rings (SSSR count). The Bertz CT molecular complexity index is 371. The predicted octanol–water partition coefficient (Wildman–Crippen LogP) is 3.31. The first-order chi connectivity index (χ1) is 7.90. The van der Waals surface area contributed by atoms with E-state index in [9.17, 15) is 4.79 Å². The molecule has 1 heterocycles. The molecule has 5 heteroatoms. The quantitative estimate of drug-likeness (QED) is 0.883. The van der Waals surface area contributed by atoms with Crippen molar-refractivity contribution in [2.75, 3.05) is 17.7 Å². The van der Waals surface area contributed by atoms with Crippen molar-refractivity contribution in [3.8, 4) is 0 Å². The molecular formula is C13H22ClN3O. The third kappa shape index (κ3) is 6.45. The standard InChI is InChI=1S/C13H21N3O.ClH/c1-13(2,3)8-7-12(17)16-10-5-6-11(14-4)15-9-10;/h5-6,9H,7-8H2,1-4H3,(H,14,15)(H,16,17);1H. The van der Waals surface area contributed by atoms with Gasteiger partial charge in [0, 0.05) is 13.5 Å². The first-order valence-corrected chi connectivity index (χ1v) is 5.84. The maximum atomic E-state index is 11.7. The van der Waals surface area contributed by atoms with Crippen LogP contribution in [0.3, 0.4) is 0 Å². The van der Waals surface area contributed by atoms with Crippen LogP contribution in [-0.4, -0.2) is 17.9 Å². The highest BCUT2D eigenvalue weighted by Gasteiger charge is 2.12. The number of hydrogen-bond acceptors (Lipinski definition) is 3. The molecule has 1 amide bonds. The Morgan fingerprint density at radius 1 is 1.33 bits per heavy atom. The maximum Gasteiger partial charge on any atom is 0.224 e. The van der Waals surface area contributed by atoms with Crippen LogP contribution >= 0.6 is 12.4 Å². The number of halogens is 1. The van der Waals surface area contributed by atoms with Gasteiger partial charge in [0.05, 0.1) is 11.9 Å². The maximum absolute atomic E-state index is 11.7. The topological polar surface area (TPSA) is 54.0 Å². The van der Waals surface area contributed by atoms with Crippen LogP contribution in [0.1, 0.15) is 33.6 Å². The van der Waals surface area contributed by atoms with Crippen molar-refractivity contribution < 1.29 is 4.79 Å². The van der Waals surface area contributed by atoms with E-state index in [1.165, 1.54) is 0 Å².